The van der Waals surface area contributed by atoms with Crippen molar-refractivity contribution in [2.75, 3.05) is 7.11 Å². The second-order valence-electron chi connectivity index (χ2n) is 3.77. The molecule has 1 aromatic rings. The van der Waals surface area contributed by atoms with Crippen molar-refractivity contribution in [1.29, 1.82) is 0 Å². The van der Waals surface area contributed by atoms with Gasteiger partial charge in [0.05, 0.1) is 12.5 Å². The molecule has 0 saturated heterocycles. The first-order valence-electron chi connectivity index (χ1n) is 4.47. The molecule has 0 unspecified atom stereocenters. The number of hydrogen-bond donors (Lipinski definition) is 1. The third-order valence-electron chi connectivity index (χ3n) is 2.37. The number of aliphatic carboxylic acids is 1. The Hall–Kier alpha value is -0.780. The summed E-state index contributed by atoms with van der Waals surface area (Å²) in [4.78, 5) is 11.1. The molecule has 1 aromatic carbocycles. The van der Waals surface area contributed by atoms with Crippen LogP contribution in [-0.4, -0.2) is 18.2 Å². The highest BCUT2D eigenvalue weighted by Gasteiger charge is 2.32. The first-order valence-corrected chi connectivity index (χ1v) is 5.55. The van der Waals surface area contributed by atoms with Crippen LogP contribution in [0.5, 0.6) is 5.75 Å². The lowest BCUT2D eigenvalue weighted by Gasteiger charge is -2.22. The average molecular weight is 320 g/mol. The van der Waals surface area contributed by atoms with E-state index >= 15 is 0 Å². The van der Waals surface area contributed by atoms with Crippen molar-refractivity contribution in [3.05, 3.63) is 27.3 Å². The Labute approximate surface area is 103 Å². The molecule has 3 nitrogen and oxygen atoms in total. The van der Waals surface area contributed by atoms with E-state index in [-0.39, 0.29) is 0 Å². The molecule has 0 fully saturated rings. The lowest BCUT2D eigenvalue weighted by atomic mass is 9.84. The molecule has 0 aromatic heterocycles. The molecule has 1 rings (SSSR count). The maximum Gasteiger partial charge on any atom is 0.313 e. The van der Waals surface area contributed by atoms with Crippen molar-refractivity contribution in [2.24, 2.45) is 0 Å². The Balaban J connectivity index is 3.34. The van der Waals surface area contributed by atoms with Gasteiger partial charge in [0.25, 0.3) is 0 Å². The molecule has 0 radical (unpaired) electrons. The number of carboxylic acids is 1. The zero-order valence-corrected chi connectivity index (χ0v) is 11.0. The predicted octanol–water partition coefficient (Wildman–Crippen LogP) is 2.66. The van der Waals surface area contributed by atoms with Gasteiger partial charge in [-0.3, -0.25) is 4.79 Å². The van der Waals surface area contributed by atoms with Crippen LogP contribution < -0.4 is 4.74 Å². The number of halogens is 1. The predicted molar refractivity (Wildman–Crippen MR) is 66.4 cm³/mol. The summed E-state index contributed by atoms with van der Waals surface area (Å²) in [6.07, 6.45) is 0. The van der Waals surface area contributed by atoms with Gasteiger partial charge in [-0.1, -0.05) is 0 Å². The van der Waals surface area contributed by atoms with E-state index in [4.69, 9.17) is 9.84 Å². The van der Waals surface area contributed by atoms with E-state index in [9.17, 15) is 4.79 Å². The summed E-state index contributed by atoms with van der Waals surface area (Å²) in [5.41, 5.74) is -0.239. The SMILES string of the molecule is COc1ccc(I)cc1C(C)(C)C(=O)O. The van der Waals surface area contributed by atoms with Crippen molar-refractivity contribution in [3.63, 3.8) is 0 Å². The third kappa shape index (κ3) is 2.42. The molecule has 0 atom stereocenters. The van der Waals surface area contributed by atoms with Gasteiger partial charge in [0.15, 0.2) is 0 Å². The molecule has 0 amide bonds. The van der Waals surface area contributed by atoms with Crippen LogP contribution in [0.1, 0.15) is 19.4 Å². The van der Waals surface area contributed by atoms with E-state index in [2.05, 4.69) is 22.6 Å². The van der Waals surface area contributed by atoms with E-state index < -0.39 is 11.4 Å². The van der Waals surface area contributed by atoms with Gasteiger partial charge in [-0.15, -0.1) is 0 Å². The zero-order chi connectivity index (χ0) is 11.6. The van der Waals surface area contributed by atoms with E-state index in [1.807, 2.05) is 12.1 Å². The third-order valence-corrected chi connectivity index (χ3v) is 3.04. The highest BCUT2D eigenvalue weighted by Crippen LogP contribution is 2.33. The molecule has 0 aliphatic heterocycles. The fourth-order valence-corrected chi connectivity index (χ4v) is 1.78. The van der Waals surface area contributed by atoms with Crippen LogP contribution in [0.25, 0.3) is 0 Å². The number of benzene rings is 1. The van der Waals surface area contributed by atoms with Crippen LogP contribution in [0.2, 0.25) is 0 Å². The molecule has 15 heavy (non-hydrogen) atoms. The second-order valence-corrected chi connectivity index (χ2v) is 5.02. The molecule has 0 saturated carbocycles. The summed E-state index contributed by atoms with van der Waals surface area (Å²) in [7, 11) is 1.55. The van der Waals surface area contributed by atoms with Crippen LogP contribution in [0.15, 0.2) is 18.2 Å². The van der Waals surface area contributed by atoms with Gasteiger partial charge in [-0.05, 0) is 54.6 Å². The second kappa shape index (κ2) is 4.38. The topological polar surface area (TPSA) is 46.5 Å². The summed E-state index contributed by atoms with van der Waals surface area (Å²) < 4.78 is 6.17. The smallest absolute Gasteiger partial charge is 0.313 e. The summed E-state index contributed by atoms with van der Waals surface area (Å²) in [6, 6.07) is 5.52. The van der Waals surface area contributed by atoms with E-state index in [0.717, 1.165) is 3.57 Å². The van der Waals surface area contributed by atoms with Crippen LogP contribution in [0.3, 0.4) is 0 Å². The monoisotopic (exact) mass is 320 g/mol. The van der Waals surface area contributed by atoms with Crippen molar-refractivity contribution in [2.45, 2.75) is 19.3 Å². The van der Waals surface area contributed by atoms with Gasteiger partial charge in [0.1, 0.15) is 5.75 Å². The lowest BCUT2D eigenvalue weighted by Crippen LogP contribution is -2.29. The Morgan fingerprint density at radius 1 is 1.47 bits per heavy atom. The van der Waals surface area contributed by atoms with Crippen molar-refractivity contribution in [3.8, 4) is 5.75 Å². The zero-order valence-electron chi connectivity index (χ0n) is 8.87. The van der Waals surface area contributed by atoms with Crippen molar-refractivity contribution < 1.29 is 14.6 Å². The molecule has 1 N–H and O–H groups in total. The summed E-state index contributed by atoms with van der Waals surface area (Å²) in [5, 5.41) is 9.15. The quantitative estimate of drug-likeness (QED) is 0.871. The van der Waals surface area contributed by atoms with Gasteiger partial charge in [-0.2, -0.15) is 0 Å². The minimum atomic E-state index is -0.938. The van der Waals surface area contributed by atoms with E-state index in [1.165, 1.54) is 0 Å². The Kier molecular flexibility index (Phi) is 3.59. The Bertz CT molecular complexity index is 385. The Morgan fingerprint density at radius 2 is 2.07 bits per heavy atom. The maximum absolute atomic E-state index is 11.1. The molecular formula is C11H13IO3. The van der Waals surface area contributed by atoms with Crippen molar-refractivity contribution in [1.82, 2.24) is 0 Å². The number of methoxy groups -OCH3 is 1. The van der Waals surface area contributed by atoms with E-state index in [0.29, 0.717) is 11.3 Å². The van der Waals surface area contributed by atoms with Crippen LogP contribution in [0, 0.1) is 3.57 Å². The highest BCUT2D eigenvalue weighted by molar-refractivity contribution is 14.1. The fraction of sp³-hybridized carbons (Fsp3) is 0.364. The van der Waals surface area contributed by atoms with Gasteiger partial charge < -0.3 is 9.84 Å². The van der Waals surface area contributed by atoms with Crippen LogP contribution in [-0.2, 0) is 10.2 Å². The number of carboxylic acid groups (broad SMARTS) is 1. The van der Waals surface area contributed by atoms with E-state index in [1.54, 1.807) is 27.0 Å². The molecular weight excluding hydrogens is 307 g/mol. The fourth-order valence-electron chi connectivity index (χ4n) is 1.28. The first-order chi connectivity index (χ1) is 6.89. The van der Waals surface area contributed by atoms with Gasteiger partial charge in [0, 0.05) is 9.13 Å². The Morgan fingerprint density at radius 3 is 2.53 bits per heavy atom. The number of hydrogen-bond acceptors (Lipinski definition) is 2. The van der Waals surface area contributed by atoms with Gasteiger partial charge in [-0.25, -0.2) is 0 Å². The minimum absolute atomic E-state index is 0.614. The lowest BCUT2D eigenvalue weighted by molar-refractivity contribution is -0.142. The van der Waals surface area contributed by atoms with Crippen molar-refractivity contribution >= 4 is 28.6 Å². The minimum Gasteiger partial charge on any atom is -0.496 e. The summed E-state index contributed by atoms with van der Waals surface area (Å²) in [6.45, 7) is 3.34. The van der Waals surface area contributed by atoms with Crippen LogP contribution >= 0.6 is 22.6 Å². The molecule has 0 heterocycles. The molecule has 0 aliphatic rings. The summed E-state index contributed by atoms with van der Waals surface area (Å²) >= 11 is 2.15. The molecule has 82 valence electrons. The molecule has 0 bridgehead atoms. The number of ether oxygens (including phenoxy) is 1. The standard InChI is InChI=1S/C11H13IO3/c1-11(2,10(13)14)8-6-7(12)4-5-9(8)15-3/h4-6H,1-3H3,(H,13,14). The van der Waals surface area contributed by atoms with Gasteiger partial charge >= 0.3 is 5.97 Å². The number of carbonyl (C=O) groups is 1. The van der Waals surface area contributed by atoms with Gasteiger partial charge in [0.2, 0.25) is 0 Å². The largest absolute Gasteiger partial charge is 0.496 e. The highest BCUT2D eigenvalue weighted by atomic mass is 127. The maximum atomic E-state index is 11.1. The average Bonchev–Trinajstić information content (AvgIpc) is 2.17. The molecule has 0 spiro atoms. The molecule has 4 heteroatoms. The number of rotatable bonds is 3. The first kappa shape index (κ1) is 12.3. The van der Waals surface area contributed by atoms with Crippen LogP contribution in [0.4, 0.5) is 0 Å². The normalized spacial score (nSPS) is 11.2. The molecule has 0 aliphatic carbocycles. The summed E-state index contributed by atoms with van der Waals surface area (Å²) in [5.74, 6) is -0.245.